The zero-order chi connectivity index (χ0) is 16.6. The topological polar surface area (TPSA) is 58.2 Å². The molecule has 0 aromatic heterocycles. The summed E-state index contributed by atoms with van der Waals surface area (Å²) >= 11 is 0. The van der Waals surface area contributed by atoms with E-state index in [9.17, 15) is 9.59 Å². The number of rotatable bonds is 7. The summed E-state index contributed by atoms with van der Waals surface area (Å²) in [7, 11) is 0. The van der Waals surface area contributed by atoms with Crippen molar-refractivity contribution in [2.45, 2.75) is 52.4 Å². The lowest BCUT2D eigenvalue weighted by atomic mass is 9.87. The molecular formula is C18H28N2O2. The van der Waals surface area contributed by atoms with Gasteiger partial charge in [0, 0.05) is 25.1 Å². The Bertz CT molecular complexity index is 487. The van der Waals surface area contributed by atoms with Crippen LogP contribution in [0.5, 0.6) is 0 Å². The van der Waals surface area contributed by atoms with E-state index in [1.54, 1.807) is 0 Å². The van der Waals surface area contributed by atoms with Crippen LogP contribution in [-0.2, 0) is 10.2 Å². The van der Waals surface area contributed by atoms with Gasteiger partial charge in [0.05, 0.1) is 0 Å². The molecular weight excluding hydrogens is 276 g/mol. The molecule has 0 aliphatic rings. The van der Waals surface area contributed by atoms with Crippen LogP contribution in [-0.4, -0.2) is 24.9 Å². The number of benzene rings is 1. The Morgan fingerprint density at radius 2 is 1.59 bits per heavy atom. The monoisotopic (exact) mass is 304 g/mol. The molecule has 0 heterocycles. The summed E-state index contributed by atoms with van der Waals surface area (Å²) < 4.78 is 0. The van der Waals surface area contributed by atoms with Gasteiger partial charge in [-0.1, -0.05) is 46.2 Å². The molecule has 0 unspecified atom stereocenters. The molecule has 1 aromatic carbocycles. The Hall–Kier alpha value is -1.84. The largest absolute Gasteiger partial charge is 0.354 e. The minimum absolute atomic E-state index is 0.0469. The first kappa shape index (κ1) is 18.2. The van der Waals surface area contributed by atoms with Crippen molar-refractivity contribution in [1.82, 2.24) is 10.6 Å². The molecule has 0 saturated carbocycles. The molecule has 1 rings (SSSR count). The summed E-state index contributed by atoms with van der Waals surface area (Å²) in [6.07, 6.45) is 2.46. The Morgan fingerprint density at radius 3 is 2.14 bits per heavy atom. The molecule has 0 fully saturated rings. The Balaban J connectivity index is 2.35. The number of carbonyl (C=O) groups excluding carboxylic acids is 2. The van der Waals surface area contributed by atoms with E-state index in [0.717, 1.165) is 12.8 Å². The minimum Gasteiger partial charge on any atom is -0.354 e. The van der Waals surface area contributed by atoms with Gasteiger partial charge in [-0.2, -0.15) is 0 Å². The van der Waals surface area contributed by atoms with E-state index < -0.39 is 0 Å². The first-order chi connectivity index (χ1) is 10.3. The van der Waals surface area contributed by atoms with E-state index in [0.29, 0.717) is 25.1 Å². The molecule has 0 atom stereocenters. The standard InChI is InChI=1S/C18H28N2O2/c1-5-6-7-16(21)19-12-13-20-17(22)14-8-10-15(11-9-14)18(2,3)4/h8-11H,5-7,12-13H2,1-4H3,(H,19,21)(H,20,22). The van der Waals surface area contributed by atoms with E-state index in [2.05, 4.69) is 38.3 Å². The average Bonchev–Trinajstić information content (AvgIpc) is 2.48. The molecule has 2 amide bonds. The highest BCUT2D eigenvalue weighted by Crippen LogP contribution is 2.22. The van der Waals surface area contributed by atoms with E-state index in [1.165, 1.54) is 5.56 Å². The van der Waals surface area contributed by atoms with Gasteiger partial charge in [0.15, 0.2) is 0 Å². The van der Waals surface area contributed by atoms with Crippen molar-refractivity contribution in [3.05, 3.63) is 35.4 Å². The van der Waals surface area contributed by atoms with Crippen LogP contribution in [0.1, 0.15) is 62.9 Å². The fourth-order valence-electron chi connectivity index (χ4n) is 2.03. The normalized spacial score (nSPS) is 11.1. The lowest BCUT2D eigenvalue weighted by Crippen LogP contribution is -2.34. The van der Waals surface area contributed by atoms with Crippen molar-refractivity contribution in [3.63, 3.8) is 0 Å². The predicted molar refractivity (Wildman–Crippen MR) is 90.0 cm³/mol. The third-order valence-corrected chi connectivity index (χ3v) is 3.50. The van der Waals surface area contributed by atoms with Gasteiger partial charge in [-0.3, -0.25) is 9.59 Å². The van der Waals surface area contributed by atoms with Crippen LogP contribution in [0.3, 0.4) is 0 Å². The van der Waals surface area contributed by atoms with Crippen molar-refractivity contribution in [2.75, 3.05) is 13.1 Å². The third-order valence-electron chi connectivity index (χ3n) is 3.50. The first-order valence-corrected chi connectivity index (χ1v) is 8.00. The number of nitrogens with one attached hydrogen (secondary N) is 2. The van der Waals surface area contributed by atoms with Gasteiger partial charge in [0.25, 0.3) is 5.91 Å². The van der Waals surface area contributed by atoms with Crippen LogP contribution in [0.25, 0.3) is 0 Å². The van der Waals surface area contributed by atoms with Crippen LogP contribution in [0.15, 0.2) is 24.3 Å². The van der Waals surface area contributed by atoms with Crippen molar-refractivity contribution >= 4 is 11.8 Å². The van der Waals surface area contributed by atoms with Crippen molar-refractivity contribution in [1.29, 1.82) is 0 Å². The van der Waals surface area contributed by atoms with Gasteiger partial charge in [-0.25, -0.2) is 0 Å². The van der Waals surface area contributed by atoms with E-state index >= 15 is 0 Å². The summed E-state index contributed by atoms with van der Waals surface area (Å²) in [4.78, 5) is 23.4. The summed E-state index contributed by atoms with van der Waals surface area (Å²) in [6.45, 7) is 9.39. The highest BCUT2D eigenvalue weighted by Gasteiger charge is 2.14. The van der Waals surface area contributed by atoms with Gasteiger partial charge < -0.3 is 10.6 Å². The third kappa shape index (κ3) is 6.29. The van der Waals surface area contributed by atoms with Crippen LogP contribution in [0.2, 0.25) is 0 Å². The van der Waals surface area contributed by atoms with Crippen LogP contribution in [0.4, 0.5) is 0 Å². The SMILES string of the molecule is CCCCC(=O)NCCNC(=O)c1ccc(C(C)(C)C)cc1. The molecule has 122 valence electrons. The maximum absolute atomic E-state index is 12.0. The number of amides is 2. The second kappa shape index (κ2) is 8.57. The van der Waals surface area contributed by atoms with Crippen molar-refractivity contribution in [2.24, 2.45) is 0 Å². The molecule has 0 bridgehead atoms. The molecule has 4 nitrogen and oxygen atoms in total. The molecule has 4 heteroatoms. The van der Waals surface area contributed by atoms with E-state index in [4.69, 9.17) is 0 Å². The zero-order valence-corrected chi connectivity index (χ0v) is 14.2. The summed E-state index contributed by atoms with van der Waals surface area (Å²) in [5.74, 6) is -0.0612. The lowest BCUT2D eigenvalue weighted by Gasteiger charge is -2.19. The van der Waals surface area contributed by atoms with E-state index in [1.807, 2.05) is 24.3 Å². The molecule has 0 aliphatic heterocycles. The van der Waals surface area contributed by atoms with Gasteiger partial charge in [0.2, 0.25) is 5.91 Å². The van der Waals surface area contributed by atoms with Crippen molar-refractivity contribution < 1.29 is 9.59 Å². The molecule has 0 radical (unpaired) electrons. The summed E-state index contributed by atoms with van der Waals surface area (Å²) in [5.41, 5.74) is 1.93. The number of hydrogen-bond acceptors (Lipinski definition) is 2. The molecule has 0 spiro atoms. The molecule has 0 aliphatic carbocycles. The Kier molecular flexibility index (Phi) is 7.09. The van der Waals surface area contributed by atoms with Gasteiger partial charge in [0.1, 0.15) is 0 Å². The zero-order valence-electron chi connectivity index (χ0n) is 14.2. The van der Waals surface area contributed by atoms with Crippen molar-refractivity contribution in [3.8, 4) is 0 Å². The number of hydrogen-bond donors (Lipinski definition) is 2. The summed E-state index contributed by atoms with van der Waals surface area (Å²) in [5, 5.41) is 5.61. The smallest absolute Gasteiger partial charge is 0.251 e. The average molecular weight is 304 g/mol. The highest BCUT2D eigenvalue weighted by molar-refractivity contribution is 5.94. The molecule has 22 heavy (non-hydrogen) atoms. The minimum atomic E-state index is -0.108. The maximum atomic E-state index is 12.0. The van der Waals surface area contributed by atoms with Gasteiger partial charge >= 0.3 is 0 Å². The van der Waals surface area contributed by atoms with Crippen LogP contribution >= 0.6 is 0 Å². The molecule has 0 saturated heterocycles. The van der Waals surface area contributed by atoms with Gasteiger partial charge in [-0.05, 0) is 29.5 Å². The Labute approximate surface area is 133 Å². The first-order valence-electron chi connectivity index (χ1n) is 8.00. The highest BCUT2D eigenvalue weighted by atomic mass is 16.2. The fourth-order valence-corrected chi connectivity index (χ4v) is 2.03. The molecule has 2 N–H and O–H groups in total. The lowest BCUT2D eigenvalue weighted by molar-refractivity contribution is -0.121. The number of carbonyl (C=O) groups is 2. The number of unbranched alkanes of at least 4 members (excludes halogenated alkanes) is 1. The Morgan fingerprint density at radius 1 is 1.00 bits per heavy atom. The maximum Gasteiger partial charge on any atom is 0.251 e. The van der Waals surface area contributed by atoms with E-state index in [-0.39, 0.29) is 17.2 Å². The molecule has 1 aromatic rings. The second-order valence-corrected chi connectivity index (χ2v) is 6.54. The quantitative estimate of drug-likeness (QED) is 0.761. The van der Waals surface area contributed by atoms with Crippen LogP contribution in [0, 0.1) is 0 Å². The summed E-state index contributed by atoms with van der Waals surface area (Å²) in [6, 6.07) is 7.66. The second-order valence-electron chi connectivity index (χ2n) is 6.54. The van der Waals surface area contributed by atoms with Gasteiger partial charge in [-0.15, -0.1) is 0 Å². The van der Waals surface area contributed by atoms with Crippen LogP contribution < -0.4 is 10.6 Å². The predicted octanol–water partition coefficient (Wildman–Crippen LogP) is 3.02. The fraction of sp³-hybridized carbons (Fsp3) is 0.556.